The van der Waals surface area contributed by atoms with Crippen LogP contribution in [0, 0.1) is 0 Å². The van der Waals surface area contributed by atoms with Crippen LogP contribution in [0.5, 0.6) is 0 Å². The van der Waals surface area contributed by atoms with Crippen molar-refractivity contribution >= 4 is 41.1 Å². The second-order valence-electron chi connectivity index (χ2n) is 5.12. The van der Waals surface area contributed by atoms with Crippen molar-refractivity contribution in [2.24, 2.45) is 5.73 Å². The predicted octanol–water partition coefficient (Wildman–Crippen LogP) is -1.82. The molecule has 152 valence electrons. The number of hydrogen-bond acceptors (Lipinski definition) is 9. The SMILES string of the molecule is CC(=O)Cl.COC(=O)C1=C[C@H](N)[C@@H](NC(C)=O)[C@H]([C@H](O)[C@H](O)CO)O1.Cl. The van der Waals surface area contributed by atoms with E-state index in [0.717, 1.165) is 7.11 Å². The van der Waals surface area contributed by atoms with Crippen LogP contribution in [0.25, 0.3) is 0 Å². The zero-order valence-electron chi connectivity index (χ0n) is 14.4. The summed E-state index contributed by atoms with van der Waals surface area (Å²) in [6, 6.07) is -1.73. The van der Waals surface area contributed by atoms with Crippen molar-refractivity contribution in [2.45, 2.75) is 44.2 Å². The largest absolute Gasteiger partial charge is 0.478 e. The molecule has 6 N–H and O–H groups in total. The number of aliphatic hydroxyl groups is 3. The van der Waals surface area contributed by atoms with Gasteiger partial charge in [-0.15, -0.1) is 12.4 Å². The molecule has 10 nitrogen and oxygen atoms in total. The minimum absolute atomic E-state index is 0. The van der Waals surface area contributed by atoms with Crippen LogP contribution in [-0.2, 0) is 23.9 Å². The Morgan fingerprint density at radius 3 is 2.27 bits per heavy atom. The normalized spacial score (nSPS) is 23.5. The lowest BCUT2D eigenvalue weighted by Gasteiger charge is -2.38. The van der Waals surface area contributed by atoms with E-state index >= 15 is 0 Å². The first-order chi connectivity index (χ1) is 11.5. The average molecular weight is 419 g/mol. The second-order valence-corrected chi connectivity index (χ2v) is 5.65. The third-order valence-electron chi connectivity index (χ3n) is 3.05. The fraction of sp³-hybridized carbons (Fsp3) is 0.643. The molecule has 0 radical (unpaired) electrons. The maximum absolute atomic E-state index is 11.5. The lowest BCUT2D eigenvalue weighted by molar-refractivity contribution is -0.148. The number of aliphatic hydroxyl groups excluding tert-OH is 3. The van der Waals surface area contributed by atoms with E-state index in [2.05, 4.69) is 21.7 Å². The Kier molecular flexibility index (Phi) is 13.2. The summed E-state index contributed by atoms with van der Waals surface area (Å²) in [5.41, 5.74) is 5.85. The first-order valence-electron chi connectivity index (χ1n) is 7.17. The van der Waals surface area contributed by atoms with Gasteiger partial charge in [-0.3, -0.25) is 9.59 Å². The maximum atomic E-state index is 11.5. The van der Waals surface area contributed by atoms with Gasteiger partial charge < -0.3 is 35.8 Å². The Balaban J connectivity index is 0. The number of esters is 1. The van der Waals surface area contributed by atoms with E-state index in [1.165, 1.54) is 19.9 Å². The maximum Gasteiger partial charge on any atom is 0.373 e. The summed E-state index contributed by atoms with van der Waals surface area (Å²) in [6.45, 7) is 1.82. The smallest absolute Gasteiger partial charge is 0.373 e. The van der Waals surface area contributed by atoms with Gasteiger partial charge in [0.2, 0.25) is 16.9 Å². The summed E-state index contributed by atoms with van der Waals surface area (Å²) in [7, 11) is 1.14. The van der Waals surface area contributed by atoms with Gasteiger partial charge in [0.05, 0.1) is 25.8 Å². The van der Waals surface area contributed by atoms with Crippen LogP contribution in [0.15, 0.2) is 11.8 Å². The molecule has 1 aliphatic rings. The standard InChI is InChI=1S/C12H20N2O7.C2H3ClO.ClH/c1-5(16)14-9-6(13)3-8(12(19)20-2)21-11(9)10(18)7(17)4-15;1-2(3)4;/h3,6-7,9-11,15,17-18H,4,13H2,1-2H3,(H,14,16);1H3;1H/t6-,7+,9+,10+,11+;;/m0../s1. The van der Waals surface area contributed by atoms with Gasteiger partial charge in [-0.2, -0.15) is 0 Å². The molecule has 26 heavy (non-hydrogen) atoms. The third-order valence-corrected chi connectivity index (χ3v) is 3.05. The van der Waals surface area contributed by atoms with E-state index in [1.807, 2.05) is 0 Å². The average Bonchev–Trinajstić information content (AvgIpc) is 2.53. The molecule has 1 amide bonds. The molecular weight excluding hydrogens is 395 g/mol. The number of hydrogen-bond donors (Lipinski definition) is 5. The van der Waals surface area contributed by atoms with E-state index in [0.29, 0.717) is 0 Å². The number of carbonyl (C=O) groups is 3. The predicted molar refractivity (Wildman–Crippen MR) is 93.4 cm³/mol. The first-order valence-corrected chi connectivity index (χ1v) is 7.55. The van der Waals surface area contributed by atoms with Gasteiger partial charge in [0, 0.05) is 13.8 Å². The molecule has 1 heterocycles. The van der Waals surface area contributed by atoms with Crippen LogP contribution in [0.3, 0.4) is 0 Å². The molecule has 0 saturated heterocycles. The Labute approximate surface area is 161 Å². The monoisotopic (exact) mass is 418 g/mol. The third kappa shape index (κ3) is 8.79. The molecule has 1 rings (SSSR count). The van der Waals surface area contributed by atoms with E-state index in [9.17, 15) is 24.6 Å². The Hall–Kier alpha value is -1.43. The number of nitrogens with one attached hydrogen (secondary N) is 1. The van der Waals surface area contributed by atoms with Crippen molar-refractivity contribution in [3.63, 3.8) is 0 Å². The van der Waals surface area contributed by atoms with Crippen LogP contribution >= 0.6 is 24.0 Å². The highest BCUT2D eigenvalue weighted by atomic mass is 35.5. The number of methoxy groups -OCH3 is 1. The van der Waals surface area contributed by atoms with Crippen LogP contribution < -0.4 is 11.1 Å². The molecule has 0 unspecified atom stereocenters. The van der Waals surface area contributed by atoms with E-state index < -0.39 is 48.9 Å². The molecule has 0 aliphatic carbocycles. The molecule has 1 aliphatic heterocycles. The molecule has 0 bridgehead atoms. The lowest BCUT2D eigenvalue weighted by atomic mass is 9.92. The minimum Gasteiger partial charge on any atom is -0.478 e. The van der Waals surface area contributed by atoms with Crippen molar-refractivity contribution in [3.05, 3.63) is 11.8 Å². The highest BCUT2D eigenvalue weighted by Crippen LogP contribution is 2.22. The Morgan fingerprint density at radius 1 is 1.38 bits per heavy atom. The number of nitrogens with two attached hydrogens (primary N) is 1. The number of halogens is 2. The molecule has 12 heteroatoms. The summed E-state index contributed by atoms with van der Waals surface area (Å²) in [6.07, 6.45) is -3.05. The first kappa shape index (κ1) is 26.8. The molecule has 0 aromatic rings. The van der Waals surface area contributed by atoms with Gasteiger partial charge in [-0.1, -0.05) is 0 Å². The van der Waals surface area contributed by atoms with Crippen LogP contribution in [-0.4, -0.2) is 76.6 Å². The molecule has 5 atom stereocenters. The van der Waals surface area contributed by atoms with Crippen molar-refractivity contribution in [1.29, 1.82) is 0 Å². The van der Waals surface area contributed by atoms with Gasteiger partial charge in [0.1, 0.15) is 18.3 Å². The van der Waals surface area contributed by atoms with Gasteiger partial charge in [0.25, 0.3) is 0 Å². The van der Waals surface area contributed by atoms with E-state index in [1.54, 1.807) is 0 Å². The number of carbonyl (C=O) groups excluding carboxylic acids is 3. The zero-order chi connectivity index (χ0) is 19.7. The topological polar surface area (TPSA) is 168 Å². The summed E-state index contributed by atoms with van der Waals surface area (Å²) >= 11 is 4.64. The van der Waals surface area contributed by atoms with Crippen LogP contribution in [0.4, 0.5) is 0 Å². The van der Waals surface area contributed by atoms with Gasteiger partial charge in [-0.05, 0) is 17.7 Å². The summed E-state index contributed by atoms with van der Waals surface area (Å²) in [4.78, 5) is 31.9. The number of amides is 1. The molecule has 0 spiro atoms. The molecule has 0 aromatic heterocycles. The fourth-order valence-corrected chi connectivity index (χ4v) is 2.00. The Morgan fingerprint density at radius 2 is 1.88 bits per heavy atom. The Bertz CT molecular complexity index is 513. The molecule has 0 saturated carbocycles. The lowest BCUT2D eigenvalue weighted by Crippen LogP contribution is -2.62. The summed E-state index contributed by atoms with van der Waals surface area (Å²) in [5.74, 6) is -1.46. The van der Waals surface area contributed by atoms with Crippen molar-refractivity contribution in [1.82, 2.24) is 5.32 Å². The molecule has 0 fully saturated rings. The summed E-state index contributed by atoms with van der Waals surface area (Å²) in [5, 5.41) is 30.5. The van der Waals surface area contributed by atoms with Gasteiger partial charge >= 0.3 is 5.97 Å². The van der Waals surface area contributed by atoms with Crippen LogP contribution in [0.2, 0.25) is 0 Å². The van der Waals surface area contributed by atoms with E-state index in [-0.39, 0.29) is 23.4 Å². The zero-order valence-corrected chi connectivity index (χ0v) is 16.0. The quantitative estimate of drug-likeness (QED) is 0.255. The molecule has 0 aromatic carbocycles. The van der Waals surface area contributed by atoms with Gasteiger partial charge in [-0.25, -0.2) is 4.79 Å². The summed E-state index contributed by atoms with van der Waals surface area (Å²) < 4.78 is 9.78. The van der Waals surface area contributed by atoms with E-state index in [4.69, 9.17) is 15.6 Å². The fourth-order valence-electron chi connectivity index (χ4n) is 2.00. The highest BCUT2D eigenvalue weighted by Gasteiger charge is 2.42. The second kappa shape index (κ2) is 12.8. The highest BCUT2D eigenvalue weighted by molar-refractivity contribution is 6.62. The molecular formula is C14H24Cl2N2O8. The van der Waals surface area contributed by atoms with Crippen LogP contribution in [0.1, 0.15) is 13.8 Å². The number of rotatable bonds is 5. The minimum atomic E-state index is -1.56. The number of ether oxygens (including phenoxy) is 2. The van der Waals surface area contributed by atoms with Crippen molar-refractivity contribution in [2.75, 3.05) is 13.7 Å². The van der Waals surface area contributed by atoms with Gasteiger partial charge in [0.15, 0.2) is 0 Å². The van der Waals surface area contributed by atoms with Crippen molar-refractivity contribution < 1.29 is 39.2 Å². The van der Waals surface area contributed by atoms with Crippen molar-refractivity contribution in [3.8, 4) is 0 Å².